The van der Waals surface area contributed by atoms with Crippen LogP contribution in [-0.4, -0.2) is 22.2 Å². The number of carbonyl (C=O) groups excluding carboxylic acids is 1. The zero-order valence-corrected chi connectivity index (χ0v) is 12.1. The minimum atomic E-state index is -0.150. The highest BCUT2D eigenvalue weighted by atomic mass is 79.9. The zero-order valence-electron chi connectivity index (χ0n) is 10.6. The molecule has 6 heteroatoms. The van der Waals surface area contributed by atoms with E-state index in [-0.39, 0.29) is 5.91 Å². The number of nitrogens with zero attached hydrogens (tertiary/aromatic N) is 2. The summed E-state index contributed by atoms with van der Waals surface area (Å²) in [6.45, 7) is 3.13. The molecule has 100 valence electrons. The molecule has 3 N–H and O–H groups in total. The molecule has 1 aromatic carbocycles. The van der Waals surface area contributed by atoms with Crippen LogP contribution in [0.1, 0.15) is 15.9 Å². The van der Waals surface area contributed by atoms with Crippen LogP contribution in [0.25, 0.3) is 0 Å². The number of nitrogens with one attached hydrogen (secondary N) is 1. The SMILES string of the molecule is Cc1cnn(CCNC(=O)c2cccc(N)c2Br)c1. The largest absolute Gasteiger partial charge is 0.398 e. The maximum Gasteiger partial charge on any atom is 0.252 e. The number of hydrogen-bond donors (Lipinski definition) is 2. The van der Waals surface area contributed by atoms with Gasteiger partial charge in [-0.25, -0.2) is 0 Å². The summed E-state index contributed by atoms with van der Waals surface area (Å²) >= 11 is 3.32. The average molecular weight is 323 g/mol. The quantitative estimate of drug-likeness (QED) is 0.845. The Labute approximate surface area is 119 Å². The lowest BCUT2D eigenvalue weighted by Gasteiger charge is -2.08. The highest BCUT2D eigenvalue weighted by Crippen LogP contribution is 2.23. The van der Waals surface area contributed by atoms with Gasteiger partial charge in [-0.3, -0.25) is 9.48 Å². The molecule has 0 aliphatic heterocycles. The molecule has 0 fully saturated rings. The first-order valence-corrected chi connectivity index (χ1v) is 6.68. The Bertz CT molecular complexity index is 594. The Morgan fingerprint density at radius 1 is 1.53 bits per heavy atom. The van der Waals surface area contributed by atoms with Crippen molar-refractivity contribution >= 4 is 27.5 Å². The number of nitrogens with two attached hydrogens (primary N) is 1. The van der Waals surface area contributed by atoms with Crippen molar-refractivity contribution in [2.75, 3.05) is 12.3 Å². The summed E-state index contributed by atoms with van der Waals surface area (Å²) in [5.74, 6) is -0.150. The van der Waals surface area contributed by atoms with Crippen LogP contribution in [0.15, 0.2) is 35.1 Å². The van der Waals surface area contributed by atoms with Gasteiger partial charge < -0.3 is 11.1 Å². The molecule has 0 aliphatic rings. The van der Waals surface area contributed by atoms with Gasteiger partial charge in [-0.15, -0.1) is 0 Å². The molecule has 0 spiro atoms. The summed E-state index contributed by atoms with van der Waals surface area (Å²) < 4.78 is 2.42. The summed E-state index contributed by atoms with van der Waals surface area (Å²) in [4.78, 5) is 12.0. The van der Waals surface area contributed by atoms with Gasteiger partial charge in [-0.05, 0) is 40.5 Å². The van der Waals surface area contributed by atoms with Crippen LogP contribution in [0.3, 0.4) is 0 Å². The smallest absolute Gasteiger partial charge is 0.252 e. The Balaban J connectivity index is 1.93. The van der Waals surface area contributed by atoms with Crippen LogP contribution in [-0.2, 0) is 6.54 Å². The normalized spacial score (nSPS) is 10.4. The van der Waals surface area contributed by atoms with Crippen LogP contribution in [0.5, 0.6) is 0 Å². The monoisotopic (exact) mass is 322 g/mol. The van der Waals surface area contributed by atoms with Crippen molar-refractivity contribution in [2.24, 2.45) is 0 Å². The predicted octanol–water partition coefficient (Wildman–Crippen LogP) is 1.97. The Kier molecular flexibility index (Phi) is 4.21. The lowest BCUT2D eigenvalue weighted by Crippen LogP contribution is -2.27. The lowest BCUT2D eigenvalue weighted by atomic mass is 10.2. The van der Waals surface area contributed by atoms with Crippen molar-refractivity contribution in [2.45, 2.75) is 13.5 Å². The first kappa shape index (κ1) is 13.6. The van der Waals surface area contributed by atoms with Gasteiger partial charge in [0.25, 0.3) is 5.91 Å². The number of rotatable bonds is 4. The molecule has 1 aromatic heterocycles. The number of amides is 1. The number of halogens is 1. The van der Waals surface area contributed by atoms with Gasteiger partial charge in [0, 0.05) is 18.4 Å². The molecule has 0 bridgehead atoms. The summed E-state index contributed by atoms with van der Waals surface area (Å²) in [7, 11) is 0. The van der Waals surface area contributed by atoms with E-state index in [0.29, 0.717) is 28.8 Å². The van der Waals surface area contributed by atoms with Gasteiger partial charge in [0.2, 0.25) is 0 Å². The fraction of sp³-hybridized carbons (Fsp3) is 0.231. The standard InChI is InChI=1S/C13H15BrN4O/c1-9-7-17-18(8-9)6-5-16-13(19)10-3-2-4-11(15)12(10)14/h2-4,7-8H,5-6,15H2,1H3,(H,16,19). The van der Waals surface area contributed by atoms with E-state index in [1.54, 1.807) is 29.1 Å². The second-order valence-electron chi connectivity index (χ2n) is 4.25. The van der Waals surface area contributed by atoms with E-state index in [1.807, 2.05) is 13.1 Å². The van der Waals surface area contributed by atoms with Crippen molar-refractivity contribution in [1.29, 1.82) is 0 Å². The average Bonchev–Trinajstić information content (AvgIpc) is 2.78. The number of carbonyl (C=O) groups is 1. The summed E-state index contributed by atoms with van der Waals surface area (Å²) in [5, 5.41) is 6.99. The van der Waals surface area contributed by atoms with Crippen LogP contribution in [0.4, 0.5) is 5.69 Å². The molecule has 0 radical (unpaired) electrons. The minimum Gasteiger partial charge on any atom is -0.398 e. The first-order chi connectivity index (χ1) is 9.08. The van der Waals surface area contributed by atoms with Crippen LogP contribution < -0.4 is 11.1 Å². The topological polar surface area (TPSA) is 72.9 Å². The Morgan fingerprint density at radius 2 is 2.32 bits per heavy atom. The minimum absolute atomic E-state index is 0.150. The van der Waals surface area contributed by atoms with E-state index in [9.17, 15) is 4.79 Å². The second kappa shape index (κ2) is 5.88. The molecule has 5 nitrogen and oxygen atoms in total. The van der Waals surface area contributed by atoms with Crippen LogP contribution in [0, 0.1) is 6.92 Å². The molecule has 0 atom stereocenters. The van der Waals surface area contributed by atoms with Crippen molar-refractivity contribution in [1.82, 2.24) is 15.1 Å². The fourth-order valence-electron chi connectivity index (χ4n) is 1.69. The van der Waals surface area contributed by atoms with Crippen LogP contribution >= 0.6 is 15.9 Å². The molecule has 0 unspecified atom stereocenters. The molecule has 0 aliphatic carbocycles. The predicted molar refractivity (Wildman–Crippen MR) is 77.9 cm³/mol. The van der Waals surface area contributed by atoms with Gasteiger partial charge >= 0.3 is 0 Å². The number of aryl methyl sites for hydroxylation is 1. The van der Waals surface area contributed by atoms with Crippen molar-refractivity contribution in [3.05, 3.63) is 46.2 Å². The zero-order chi connectivity index (χ0) is 13.8. The maximum atomic E-state index is 12.0. The first-order valence-electron chi connectivity index (χ1n) is 5.89. The highest BCUT2D eigenvalue weighted by molar-refractivity contribution is 9.10. The molecule has 1 amide bonds. The lowest BCUT2D eigenvalue weighted by molar-refractivity contribution is 0.0951. The van der Waals surface area contributed by atoms with Crippen molar-refractivity contribution in [3.8, 4) is 0 Å². The van der Waals surface area contributed by atoms with E-state index < -0.39 is 0 Å². The summed E-state index contributed by atoms with van der Waals surface area (Å²) in [5.41, 5.74) is 7.93. The third-order valence-electron chi connectivity index (χ3n) is 2.66. The highest BCUT2D eigenvalue weighted by Gasteiger charge is 2.10. The third kappa shape index (κ3) is 3.35. The molecule has 2 rings (SSSR count). The number of hydrogen-bond acceptors (Lipinski definition) is 3. The molecule has 2 aromatic rings. The number of anilines is 1. The van der Waals surface area contributed by atoms with Crippen LogP contribution in [0.2, 0.25) is 0 Å². The number of benzene rings is 1. The molecular formula is C13H15BrN4O. The molecule has 19 heavy (non-hydrogen) atoms. The summed E-state index contributed by atoms with van der Waals surface area (Å²) in [6.07, 6.45) is 3.72. The van der Waals surface area contributed by atoms with E-state index in [4.69, 9.17) is 5.73 Å². The van der Waals surface area contributed by atoms with Crippen molar-refractivity contribution in [3.63, 3.8) is 0 Å². The van der Waals surface area contributed by atoms with Gasteiger partial charge in [-0.2, -0.15) is 5.10 Å². The van der Waals surface area contributed by atoms with E-state index in [1.165, 1.54) is 0 Å². The molecule has 0 saturated heterocycles. The van der Waals surface area contributed by atoms with Gasteiger partial charge in [0.1, 0.15) is 0 Å². The van der Waals surface area contributed by atoms with Crippen molar-refractivity contribution < 1.29 is 4.79 Å². The van der Waals surface area contributed by atoms with E-state index >= 15 is 0 Å². The maximum absolute atomic E-state index is 12.0. The fourth-order valence-corrected chi connectivity index (χ4v) is 2.14. The van der Waals surface area contributed by atoms with Gasteiger partial charge in [-0.1, -0.05) is 6.07 Å². The Morgan fingerprint density at radius 3 is 3.00 bits per heavy atom. The third-order valence-corrected chi connectivity index (χ3v) is 3.55. The van der Waals surface area contributed by atoms with E-state index in [2.05, 4.69) is 26.3 Å². The van der Waals surface area contributed by atoms with Gasteiger partial charge in [0.15, 0.2) is 0 Å². The summed E-state index contributed by atoms with van der Waals surface area (Å²) in [6, 6.07) is 5.23. The molecular weight excluding hydrogens is 308 g/mol. The molecule has 0 saturated carbocycles. The Hall–Kier alpha value is -1.82. The van der Waals surface area contributed by atoms with E-state index in [0.717, 1.165) is 5.56 Å². The van der Waals surface area contributed by atoms with Gasteiger partial charge in [0.05, 0.1) is 22.8 Å². The second-order valence-corrected chi connectivity index (χ2v) is 5.04. The molecule has 1 heterocycles. The number of aromatic nitrogens is 2. The number of nitrogen functional groups attached to an aromatic ring is 1.